The summed E-state index contributed by atoms with van der Waals surface area (Å²) in [6.07, 6.45) is 5.98. The number of nitrogens with zero attached hydrogens (tertiary/aromatic N) is 1. The zero-order valence-electron chi connectivity index (χ0n) is 11.6. The fourth-order valence-electron chi connectivity index (χ4n) is 1.99. The van der Waals surface area contributed by atoms with Crippen LogP contribution in [-0.2, 0) is 17.3 Å². The quantitative estimate of drug-likeness (QED) is 0.586. The number of halogens is 2. The van der Waals surface area contributed by atoms with E-state index < -0.39 is 0 Å². The molecule has 19 heavy (non-hydrogen) atoms. The topological polar surface area (TPSA) is 19.7 Å². The van der Waals surface area contributed by atoms with Crippen LogP contribution in [0.15, 0.2) is 36.9 Å². The molecule has 0 fully saturated rings. The molecule has 0 unspecified atom stereocenters. The maximum absolute atomic E-state index is 3.56. The molecule has 1 aromatic heterocycles. The Labute approximate surface area is 134 Å². The van der Waals surface area contributed by atoms with E-state index in [-0.39, 0.29) is 22.4 Å². The van der Waals surface area contributed by atoms with E-state index in [4.69, 9.17) is 0 Å². The molecule has 0 amide bonds. The number of imidazole rings is 1. The first-order chi connectivity index (χ1) is 8.49. The van der Waals surface area contributed by atoms with Crippen molar-refractivity contribution in [3.05, 3.63) is 53.6 Å². The minimum Gasteiger partial charge on any atom is -1.00 e. The molecule has 0 radical (unpaired) electrons. The third-order valence-electron chi connectivity index (χ3n) is 3.04. The lowest BCUT2D eigenvalue weighted by Gasteiger charge is -2.20. The lowest BCUT2D eigenvalue weighted by atomic mass is 9.85. The summed E-state index contributed by atoms with van der Waals surface area (Å²) < 4.78 is 2.15. The van der Waals surface area contributed by atoms with Gasteiger partial charge in [-0.1, -0.05) is 54.9 Å². The van der Waals surface area contributed by atoms with Crippen LogP contribution in [0, 0.1) is 0 Å². The summed E-state index contributed by atoms with van der Waals surface area (Å²) in [5, 5.41) is 0.904. The normalized spacial score (nSPS) is 11.2. The number of alkyl halides is 1. The molecule has 2 aromatic rings. The largest absolute Gasteiger partial charge is 1.00 e. The fraction of sp³-hybridized carbons (Fsp3) is 0.400. The van der Waals surface area contributed by atoms with Gasteiger partial charge in [-0.25, -0.2) is 4.57 Å². The van der Waals surface area contributed by atoms with Crippen LogP contribution < -0.4 is 21.5 Å². The molecule has 104 valence electrons. The highest BCUT2D eigenvalue weighted by atomic mass is 79.9. The highest BCUT2D eigenvalue weighted by Gasteiger charge is 2.15. The maximum Gasteiger partial charge on any atom is 0.241 e. The van der Waals surface area contributed by atoms with Gasteiger partial charge in [0.1, 0.15) is 18.9 Å². The summed E-state index contributed by atoms with van der Waals surface area (Å²) in [6, 6.07) is 6.87. The number of aromatic nitrogens is 2. The summed E-state index contributed by atoms with van der Waals surface area (Å²) >= 11 is 3.56. The number of hydrogen-bond donors (Lipinski definition) is 1. The van der Waals surface area contributed by atoms with Gasteiger partial charge in [0.15, 0.2) is 0 Å². The lowest BCUT2D eigenvalue weighted by Crippen LogP contribution is -3.00. The van der Waals surface area contributed by atoms with Gasteiger partial charge in [0.2, 0.25) is 6.33 Å². The first-order valence-corrected chi connectivity index (χ1v) is 7.32. The van der Waals surface area contributed by atoms with E-state index in [9.17, 15) is 0 Å². The number of nitrogens with one attached hydrogen (secondary N) is 1. The summed E-state index contributed by atoms with van der Waals surface area (Å²) in [7, 11) is 0. The number of aromatic amines is 1. The Morgan fingerprint density at radius 3 is 2.37 bits per heavy atom. The Morgan fingerprint density at radius 1 is 1.16 bits per heavy atom. The van der Waals surface area contributed by atoms with Gasteiger partial charge in [-0.3, -0.25) is 4.98 Å². The van der Waals surface area contributed by atoms with Crippen LogP contribution in [0.5, 0.6) is 0 Å². The molecule has 0 bridgehead atoms. The van der Waals surface area contributed by atoms with Crippen molar-refractivity contribution in [1.82, 2.24) is 4.98 Å². The van der Waals surface area contributed by atoms with E-state index in [1.54, 1.807) is 0 Å². The van der Waals surface area contributed by atoms with Crippen LogP contribution in [0.25, 0.3) is 0 Å². The van der Waals surface area contributed by atoms with E-state index in [1.165, 1.54) is 16.7 Å². The molecule has 0 atom stereocenters. The summed E-state index contributed by atoms with van der Waals surface area (Å²) in [5.41, 5.74) is 4.27. The summed E-state index contributed by atoms with van der Waals surface area (Å²) in [6.45, 7) is 7.68. The number of H-pyrrole nitrogens is 1. The second-order valence-electron chi connectivity index (χ2n) is 5.71. The Bertz CT molecular complexity index is 513. The highest BCUT2D eigenvalue weighted by molar-refractivity contribution is 9.08. The molecule has 0 aliphatic carbocycles. The molecule has 1 aromatic carbocycles. The predicted molar refractivity (Wildman–Crippen MR) is 77.9 cm³/mol. The third kappa shape index (κ3) is 4.46. The number of hydrogen-bond acceptors (Lipinski definition) is 0. The average molecular weight is 388 g/mol. The van der Waals surface area contributed by atoms with Crippen LogP contribution in [0.1, 0.15) is 37.5 Å². The van der Waals surface area contributed by atoms with Gasteiger partial charge in [0.25, 0.3) is 0 Å². The summed E-state index contributed by atoms with van der Waals surface area (Å²) in [4.78, 5) is 3.08. The van der Waals surface area contributed by atoms with Crippen molar-refractivity contribution in [3.63, 3.8) is 0 Å². The first kappa shape index (κ1) is 16.4. The molecule has 0 saturated heterocycles. The molecule has 1 heterocycles. The Kier molecular flexibility index (Phi) is 5.81. The van der Waals surface area contributed by atoms with Crippen molar-refractivity contribution in [3.8, 4) is 0 Å². The molecular weight excluding hydrogens is 368 g/mol. The minimum atomic E-state index is 0. The van der Waals surface area contributed by atoms with Gasteiger partial charge in [-0.05, 0) is 22.1 Å². The van der Waals surface area contributed by atoms with Crippen LogP contribution in [0.2, 0.25) is 0 Å². The zero-order valence-corrected chi connectivity index (χ0v) is 14.8. The second kappa shape index (κ2) is 6.71. The van der Waals surface area contributed by atoms with E-state index >= 15 is 0 Å². The van der Waals surface area contributed by atoms with Crippen molar-refractivity contribution in [2.75, 3.05) is 0 Å². The van der Waals surface area contributed by atoms with E-state index in [0.29, 0.717) is 0 Å². The smallest absolute Gasteiger partial charge is 0.241 e. The van der Waals surface area contributed by atoms with Gasteiger partial charge >= 0.3 is 0 Å². The molecule has 2 nitrogen and oxygen atoms in total. The van der Waals surface area contributed by atoms with E-state index in [2.05, 4.69) is 70.6 Å². The standard InChI is InChI=1S/C15H19BrN2.BrH/c1-15(2,3)14-7-12(9-16)6-13(8-14)10-18-5-4-17-11-18;/h4-8,11H,9-10H2,1-3H3;1H. The molecule has 0 aliphatic rings. The second-order valence-corrected chi connectivity index (χ2v) is 6.27. The molecule has 1 N–H and O–H groups in total. The zero-order chi connectivity index (χ0) is 13.2. The van der Waals surface area contributed by atoms with Crippen molar-refractivity contribution in [2.45, 2.75) is 38.1 Å². The Balaban J connectivity index is 0.00000180. The van der Waals surface area contributed by atoms with Gasteiger partial charge in [0, 0.05) is 5.33 Å². The molecule has 2 rings (SSSR count). The third-order valence-corrected chi connectivity index (χ3v) is 3.69. The minimum absolute atomic E-state index is 0. The van der Waals surface area contributed by atoms with Crippen molar-refractivity contribution >= 4 is 15.9 Å². The van der Waals surface area contributed by atoms with Crippen LogP contribution in [0.4, 0.5) is 0 Å². The Morgan fingerprint density at radius 2 is 1.84 bits per heavy atom. The molecule has 0 aliphatic heterocycles. The van der Waals surface area contributed by atoms with Crippen molar-refractivity contribution < 1.29 is 21.5 Å². The Hall–Kier alpha value is -0.610. The number of rotatable bonds is 3. The van der Waals surface area contributed by atoms with Crippen LogP contribution in [-0.4, -0.2) is 4.98 Å². The molecule has 4 heteroatoms. The van der Waals surface area contributed by atoms with Gasteiger partial charge in [0.05, 0.1) is 0 Å². The van der Waals surface area contributed by atoms with Crippen LogP contribution >= 0.6 is 15.9 Å². The van der Waals surface area contributed by atoms with Crippen molar-refractivity contribution in [2.24, 2.45) is 0 Å². The van der Waals surface area contributed by atoms with Gasteiger partial charge < -0.3 is 17.0 Å². The van der Waals surface area contributed by atoms with Crippen LogP contribution in [0.3, 0.4) is 0 Å². The highest BCUT2D eigenvalue weighted by Crippen LogP contribution is 2.25. The molecule has 0 spiro atoms. The number of benzene rings is 1. The molecule has 0 saturated carbocycles. The predicted octanol–water partition coefficient (Wildman–Crippen LogP) is 0.547. The van der Waals surface area contributed by atoms with E-state index in [1.807, 2.05) is 12.5 Å². The average Bonchev–Trinajstić information content (AvgIpc) is 2.80. The molecular formula is C15H20Br2N2. The van der Waals surface area contributed by atoms with E-state index in [0.717, 1.165) is 11.9 Å². The lowest BCUT2D eigenvalue weighted by molar-refractivity contribution is -0.687. The SMILES string of the molecule is CC(C)(C)c1cc(CBr)cc(C[n+]2cc[nH]c2)c1.[Br-]. The first-order valence-electron chi connectivity index (χ1n) is 6.20. The van der Waals surface area contributed by atoms with Gasteiger partial charge in [-0.2, -0.15) is 0 Å². The monoisotopic (exact) mass is 386 g/mol. The van der Waals surface area contributed by atoms with Crippen molar-refractivity contribution in [1.29, 1.82) is 0 Å². The maximum atomic E-state index is 3.56. The fourth-order valence-corrected chi connectivity index (χ4v) is 2.32. The van der Waals surface area contributed by atoms with Gasteiger partial charge in [-0.15, -0.1) is 0 Å². The summed E-state index contributed by atoms with van der Waals surface area (Å²) in [5.74, 6) is 0.